The lowest BCUT2D eigenvalue weighted by molar-refractivity contribution is 0.603. The van der Waals surface area contributed by atoms with E-state index < -0.39 is 10.0 Å². The van der Waals surface area contributed by atoms with E-state index in [0.717, 1.165) is 36.3 Å². The van der Waals surface area contributed by atoms with Crippen molar-refractivity contribution in [3.63, 3.8) is 0 Å². The highest BCUT2D eigenvalue weighted by molar-refractivity contribution is 7.97. The van der Waals surface area contributed by atoms with Crippen molar-refractivity contribution < 1.29 is 8.42 Å². The van der Waals surface area contributed by atoms with Crippen LogP contribution in [0.15, 0.2) is 52.9 Å². The lowest BCUT2D eigenvalue weighted by Gasteiger charge is -2.26. The zero-order chi connectivity index (χ0) is 16.7. The summed E-state index contributed by atoms with van der Waals surface area (Å²) in [5.74, 6) is 0. The van der Waals surface area contributed by atoms with Crippen LogP contribution in [0.2, 0.25) is 0 Å². The summed E-state index contributed by atoms with van der Waals surface area (Å²) in [5.41, 5.74) is 4.53. The molecule has 6 nitrogen and oxygen atoms in total. The van der Waals surface area contributed by atoms with Gasteiger partial charge in [0.2, 0.25) is 0 Å². The van der Waals surface area contributed by atoms with Crippen molar-refractivity contribution in [1.29, 1.82) is 0 Å². The molecule has 0 spiro atoms. The van der Waals surface area contributed by atoms with Crippen LogP contribution >= 0.6 is 12.1 Å². The number of anilines is 1. The number of allylic oxidation sites excluding steroid dienone is 3. The van der Waals surface area contributed by atoms with Crippen LogP contribution in [0.1, 0.15) is 18.1 Å². The van der Waals surface area contributed by atoms with Gasteiger partial charge in [0.1, 0.15) is 4.91 Å². The molecule has 4 rings (SSSR count). The quantitative estimate of drug-likeness (QED) is 0.716. The van der Waals surface area contributed by atoms with E-state index in [0.29, 0.717) is 11.4 Å². The van der Waals surface area contributed by atoms with Gasteiger partial charge in [0, 0.05) is 18.4 Å². The largest absolute Gasteiger partial charge is 0.316 e. The Balaban J connectivity index is 1.70. The number of rotatable bonds is 3. The molecule has 3 N–H and O–H groups in total. The van der Waals surface area contributed by atoms with Crippen molar-refractivity contribution in [3.05, 3.63) is 64.0 Å². The molecule has 3 heterocycles. The van der Waals surface area contributed by atoms with Crippen molar-refractivity contribution in [2.75, 3.05) is 11.3 Å². The second-order valence-electron chi connectivity index (χ2n) is 5.85. The Morgan fingerprint density at radius 1 is 1.29 bits per heavy atom. The molecular formula is C16H18N4O2S2. The number of hydrogen-bond donors (Lipinski definition) is 3. The molecule has 0 bridgehead atoms. The van der Waals surface area contributed by atoms with Crippen molar-refractivity contribution in [2.24, 2.45) is 0 Å². The molecule has 0 fully saturated rings. The molecule has 0 saturated carbocycles. The first-order valence-corrected chi connectivity index (χ1v) is 9.98. The Morgan fingerprint density at radius 3 is 3.04 bits per heavy atom. The summed E-state index contributed by atoms with van der Waals surface area (Å²) >= 11 is 1.36. The van der Waals surface area contributed by atoms with Gasteiger partial charge < -0.3 is 10.0 Å². The van der Waals surface area contributed by atoms with Gasteiger partial charge in [-0.15, -0.1) is 0 Å². The van der Waals surface area contributed by atoms with Crippen LogP contribution < -0.4 is 14.8 Å². The molecule has 0 aliphatic carbocycles. The molecule has 0 amide bonds. The van der Waals surface area contributed by atoms with E-state index >= 15 is 0 Å². The van der Waals surface area contributed by atoms with Gasteiger partial charge in [-0.05, 0) is 49.2 Å². The molecule has 8 heteroatoms. The Morgan fingerprint density at radius 2 is 2.17 bits per heavy atom. The monoisotopic (exact) mass is 362 g/mol. The third-order valence-corrected chi connectivity index (χ3v) is 6.58. The fourth-order valence-electron chi connectivity index (χ4n) is 3.08. The van der Waals surface area contributed by atoms with Crippen molar-refractivity contribution in [1.82, 2.24) is 14.3 Å². The molecule has 126 valence electrons. The fourth-order valence-corrected chi connectivity index (χ4v) is 5.13. The molecule has 0 saturated heterocycles. The molecule has 3 aliphatic heterocycles. The van der Waals surface area contributed by atoms with Gasteiger partial charge in [0.15, 0.2) is 0 Å². The van der Waals surface area contributed by atoms with E-state index in [9.17, 15) is 8.42 Å². The lowest BCUT2D eigenvalue weighted by atomic mass is 9.99. The number of nitrogens with one attached hydrogen (secondary N) is 3. The first-order chi connectivity index (χ1) is 11.6. The Bertz CT molecular complexity index is 887. The van der Waals surface area contributed by atoms with E-state index in [-0.39, 0.29) is 4.91 Å². The normalized spacial score (nSPS) is 19.5. The van der Waals surface area contributed by atoms with Crippen LogP contribution in [0.3, 0.4) is 0 Å². The highest BCUT2D eigenvalue weighted by Crippen LogP contribution is 2.37. The second-order valence-corrected chi connectivity index (χ2v) is 8.28. The van der Waals surface area contributed by atoms with Crippen LogP contribution in [-0.4, -0.2) is 19.3 Å². The minimum atomic E-state index is -3.66. The van der Waals surface area contributed by atoms with Gasteiger partial charge in [0.25, 0.3) is 10.0 Å². The summed E-state index contributed by atoms with van der Waals surface area (Å²) in [6.07, 6.45) is 6.01. The highest BCUT2D eigenvalue weighted by Gasteiger charge is 2.32. The van der Waals surface area contributed by atoms with Crippen LogP contribution in [0.4, 0.5) is 5.69 Å². The number of benzene rings is 1. The third kappa shape index (κ3) is 2.60. The number of sulfonamides is 1. The van der Waals surface area contributed by atoms with Gasteiger partial charge >= 0.3 is 0 Å². The van der Waals surface area contributed by atoms with Crippen LogP contribution in [0.25, 0.3) is 0 Å². The number of nitrogens with zero attached hydrogens (tertiary/aromatic N) is 1. The number of fused-ring (bicyclic) bond motifs is 2. The van der Waals surface area contributed by atoms with Gasteiger partial charge in [-0.3, -0.25) is 9.03 Å². The Kier molecular flexibility index (Phi) is 3.82. The van der Waals surface area contributed by atoms with Gasteiger partial charge in [-0.25, -0.2) is 8.42 Å². The molecule has 3 aliphatic rings. The maximum absolute atomic E-state index is 13.0. The highest BCUT2D eigenvalue weighted by atomic mass is 32.2. The van der Waals surface area contributed by atoms with E-state index in [2.05, 4.69) is 14.8 Å². The molecule has 0 atom stereocenters. The molecule has 0 radical (unpaired) electrons. The summed E-state index contributed by atoms with van der Waals surface area (Å²) < 4.78 is 33.6. The predicted octanol–water partition coefficient (Wildman–Crippen LogP) is 2.19. The maximum atomic E-state index is 13.0. The smallest absolute Gasteiger partial charge is 0.264 e. The van der Waals surface area contributed by atoms with Gasteiger partial charge in [-0.1, -0.05) is 12.1 Å². The lowest BCUT2D eigenvalue weighted by Crippen LogP contribution is -2.27. The summed E-state index contributed by atoms with van der Waals surface area (Å²) in [6, 6.07) is 5.76. The molecule has 0 aromatic heterocycles. The van der Waals surface area contributed by atoms with Crippen molar-refractivity contribution >= 4 is 27.8 Å². The van der Waals surface area contributed by atoms with Crippen molar-refractivity contribution in [3.8, 4) is 0 Å². The molecular weight excluding hydrogens is 344 g/mol. The van der Waals surface area contributed by atoms with Crippen molar-refractivity contribution in [2.45, 2.75) is 19.9 Å². The predicted molar refractivity (Wildman–Crippen MR) is 96.9 cm³/mol. The standard InChI is InChI=1S/C16H18N4O2S2/c1-11-5-6-16(15-10-18-23-20(11)15)24(21,22)19-14-4-2-3-12-9-17-8-7-13(12)14/h2-6,10,17-19H,7-9H2,1H3. The zero-order valence-electron chi connectivity index (χ0n) is 13.2. The Hall–Kier alpha value is -1.90. The molecule has 0 unspecified atom stereocenters. The third-order valence-electron chi connectivity index (χ3n) is 4.28. The van der Waals surface area contributed by atoms with E-state index in [1.807, 2.05) is 35.5 Å². The molecule has 1 aromatic carbocycles. The van der Waals surface area contributed by atoms with Gasteiger partial charge in [-0.2, -0.15) is 0 Å². The summed E-state index contributed by atoms with van der Waals surface area (Å²) in [7, 11) is -3.66. The first kappa shape index (κ1) is 15.6. The minimum absolute atomic E-state index is 0.275. The Labute approximate surface area is 146 Å². The van der Waals surface area contributed by atoms with Crippen LogP contribution in [0, 0.1) is 0 Å². The van der Waals surface area contributed by atoms with E-state index in [1.54, 1.807) is 12.3 Å². The average molecular weight is 362 g/mol. The summed E-state index contributed by atoms with van der Waals surface area (Å²) in [5, 5.41) is 3.31. The first-order valence-electron chi connectivity index (χ1n) is 7.72. The van der Waals surface area contributed by atoms with Crippen LogP contribution in [0.5, 0.6) is 0 Å². The average Bonchev–Trinajstić information content (AvgIpc) is 3.05. The minimum Gasteiger partial charge on any atom is -0.316 e. The zero-order valence-corrected chi connectivity index (χ0v) is 14.8. The van der Waals surface area contributed by atoms with Gasteiger partial charge in [0.05, 0.1) is 23.5 Å². The number of hydrogen-bond acceptors (Lipinski definition) is 6. The fraction of sp³-hybridized carbons (Fsp3) is 0.250. The van der Waals surface area contributed by atoms with E-state index in [1.165, 1.54) is 12.1 Å². The molecule has 1 aromatic rings. The maximum Gasteiger partial charge on any atom is 0.264 e. The van der Waals surface area contributed by atoms with Crippen LogP contribution in [-0.2, 0) is 23.0 Å². The summed E-state index contributed by atoms with van der Waals surface area (Å²) in [4.78, 5) is 0.275. The summed E-state index contributed by atoms with van der Waals surface area (Å²) in [6.45, 7) is 3.58. The van der Waals surface area contributed by atoms with E-state index in [4.69, 9.17) is 0 Å². The molecule has 24 heavy (non-hydrogen) atoms. The second kappa shape index (κ2) is 5.87. The SMILES string of the molecule is CC1=CC=C(S(=O)(=O)Nc2cccc3c2CCNC3)C2=CNSN12. The topological polar surface area (TPSA) is 73.5 Å².